The van der Waals surface area contributed by atoms with E-state index in [1.807, 2.05) is 0 Å². The van der Waals surface area contributed by atoms with E-state index in [-0.39, 0.29) is 22.6 Å². The van der Waals surface area contributed by atoms with E-state index in [2.05, 4.69) is 0 Å². The highest BCUT2D eigenvalue weighted by Gasteiger charge is 2.52. The topological polar surface area (TPSA) is 387 Å². The highest BCUT2D eigenvalue weighted by molar-refractivity contribution is 5.88. The summed E-state index contributed by atoms with van der Waals surface area (Å²) in [7, 11) is 0. The van der Waals surface area contributed by atoms with Crippen LogP contribution in [0.1, 0.15) is 13.8 Å². The van der Waals surface area contributed by atoms with Crippen molar-refractivity contribution in [2.75, 3.05) is 13.2 Å². The molecule has 63 heavy (non-hydrogen) atoms. The Morgan fingerprint density at radius 1 is 0.587 bits per heavy atom. The zero-order chi connectivity index (χ0) is 45.8. The standard InChI is InChI=1S/C39H50O24/c1-11-21(43)26(48)30(52)36(56-11)55-10-19-24(46)29(51)35(63-37-31(53)27(49)22(44)12(2)57-37)39(61-19)62-34-25(47)20-16(42)7-15(58-38-32(54)28(50)23(45)18(9-40)60-38)8-17(20)59-33(34)13-3-5-14(41)6-4-13/h3-8,11-12,18-19,21-24,26-32,35-46,48-54H,9-10H2,1-2H3/t11-,12-,18+,19+,21-,22-,23+,24+,26+,27+,28-,29-,30+,31+,32+,35+,36+,37+,38+,39-/m0/s1. The molecular formula is C39H50O24. The number of aliphatic hydroxyl groups excluding tert-OH is 12. The molecule has 1 aromatic heterocycles. The molecule has 4 saturated heterocycles. The molecule has 5 heterocycles. The van der Waals surface area contributed by atoms with Gasteiger partial charge in [-0.05, 0) is 38.1 Å². The van der Waals surface area contributed by atoms with E-state index in [9.17, 15) is 76.3 Å². The van der Waals surface area contributed by atoms with Gasteiger partial charge in [-0.25, -0.2) is 0 Å². The molecule has 4 aliphatic heterocycles. The van der Waals surface area contributed by atoms with E-state index >= 15 is 0 Å². The fourth-order valence-corrected chi connectivity index (χ4v) is 7.56. The smallest absolute Gasteiger partial charge is 0.239 e. The molecule has 0 saturated carbocycles. The van der Waals surface area contributed by atoms with Gasteiger partial charge >= 0.3 is 0 Å². The van der Waals surface area contributed by atoms with Crippen LogP contribution < -0.4 is 14.9 Å². The summed E-state index contributed by atoms with van der Waals surface area (Å²) in [5, 5.41) is 147. The predicted octanol–water partition coefficient (Wildman–Crippen LogP) is -5.07. The van der Waals surface area contributed by atoms with Crippen molar-refractivity contribution in [3.8, 4) is 34.3 Å². The summed E-state index contributed by atoms with van der Waals surface area (Å²) in [6.45, 7) is 1.24. The average Bonchev–Trinajstić information content (AvgIpc) is 3.25. The minimum absolute atomic E-state index is 0.0468. The lowest BCUT2D eigenvalue weighted by atomic mass is 9.97. The molecule has 7 rings (SSSR count). The predicted molar refractivity (Wildman–Crippen MR) is 202 cm³/mol. The molecule has 4 fully saturated rings. The van der Waals surface area contributed by atoms with Gasteiger partial charge in [-0.1, -0.05) is 0 Å². The van der Waals surface area contributed by atoms with Crippen LogP contribution in [0.2, 0.25) is 0 Å². The zero-order valence-corrected chi connectivity index (χ0v) is 33.3. The quantitative estimate of drug-likeness (QED) is 0.0856. The summed E-state index contributed by atoms with van der Waals surface area (Å²) in [4.78, 5) is 14.5. The Morgan fingerprint density at radius 2 is 1.14 bits per heavy atom. The van der Waals surface area contributed by atoms with Crippen molar-refractivity contribution in [2.24, 2.45) is 0 Å². The van der Waals surface area contributed by atoms with E-state index in [0.717, 1.165) is 12.1 Å². The molecule has 0 spiro atoms. The first kappa shape index (κ1) is 47.1. The second kappa shape index (κ2) is 18.9. The molecule has 350 valence electrons. The minimum atomic E-state index is -2.07. The fourth-order valence-electron chi connectivity index (χ4n) is 7.56. The van der Waals surface area contributed by atoms with E-state index in [1.165, 1.54) is 38.1 Å². The van der Waals surface area contributed by atoms with Gasteiger partial charge in [0.05, 0.1) is 25.4 Å². The van der Waals surface area contributed by atoms with E-state index in [1.54, 1.807) is 0 Å². The van der Waals surface area contributed by atoms with Crippen LogP contribution in [0, 0.1) is 0 Å². The summed E-state index contributed by atoms with van der Waals surface area (Å²) in [6.07, 6.45) is -34.0. The van der Waals surface area contributed by atoms with Crippen LogP contribution in [0.15, 0.2) is 45.6 Å². The van der Waals surface area contributed by atoms with E-state index in [0.29, 0.717) is 0 Å². The molecular weight excluding hydrogens is 852 g/mol. The molecule has 14 N–H and O–H groups in total. The van der Waals surface area contributed by atoms with Gasteiger partial charge in [0.1, 0.15) is 108 Å². The number of phenolic OH excluding ortho intramolecular Hbond substituents is 2. The molecule has 24 heteroatoms. The highest BCUT2D eigenvalue weighted by atomic mass is 16.8. The highest BCUT2D eigenvalue weighted by Crippen LogP contribution is 2.40. The summed E-state index contributed by atoms with van der Waals surface area (Å²) in [5.41, 5.74) is -1.46. The van der Waals surface area contributed by atoms with Gasteiger partial charge < -0.3 is 114 Å². The lowest BCUT2D eigenvalue weighted by Gasteiger charge is -2.46. The molecule has 4 aliphatic rings. The monoisotopic (exact) mass is 902 g/mol. The maximum atomic E-state index is 14.5. The second-order valence-electron chi connectivity index (χ2n) is 15.7. The Kier molecular flexibility index (Phi) is 14.1. The largest absolute Gasteiger partial charge is 0.508 e. The Bertz CT molecular complexity index is 2080. The average molecular weight is 903 g/mol. The number of benzene rings is 2. The summed E-state index contributed by atoms with van der Waals surface area (Å²) in [5.74, 6) is -2.50. The number of rotatable bonds is 11. The number of aliphatic hydroxyl groups is 12. The lowest BCUT2D eigenvalue weighted by molar-refractivity contribution is -0.360. The third kappa shape index (κ3) is 9.19. The van der Waals surface area contributed by atoms with E-state index in [4.69, 9.17) is 42.3 Å². The Morgan fingerprint density at radius 3 is 1.78 bits per heavy atom. The molecule has 3 aromatic rings. The molecule has 0 aliphatic carbocycles. The molecule has 24 nitrogen and oxygen atoms in total. The van der Waals surface area contributed by atoms with E-state index < -0.39 is 164 Å². The Labute approximate surface area is 355 Å². The number of hydrogen-bond donors (Lipinski definition) is 14. The maximum absolute atomic E-state index is 14.5. The van der Waals surface area contributed by atoms with Crippen LogP contribution in [0.5, 0.6) is 23.0 Å². The van der Waals surface area contributed by atoms with Gasteiger partial charge in [0.2, 0.25) is 23.8 Å². The van der Waals surface area contributed by atoms with Crippen molar-refractivity contribution in [1.82, 2.24) is 0 Å². The molecule has 2 aromatic carbocycles. The maximum Gasteiger partial charge on any atom is 0.239 e. The SMILES string of the molecule is C[C@@H]1O[C@@H](OC[C@H]2O[C@@H](Oc3c(-c4ccc(O)cc4)oc4cc(O[C@@H]5O[C@H](CO)[C@@H](O)[C@H](O)[C@H]5O)cc(O)c4c3=O)[C@H](O[C@H]3O[C@@H](C)[C@H](O)[C@@H](O)[C@H]3O)[C@@H](O)[C@@H]2O)[C@H](O)[C@H](O)[C@H]1O. The number of phenols is 2. The van der Waals surface area contributed by atoms with Crippen molar-refractivity contribution in [3.05, 3.63) is 46.6 Å². The van der Waals surface area contributed by atoms with Crippen LogP contribution in [0.25, 0.3) is 22.3 Å². The van der Waals surface area contributed by atoms with Crippen LogP contribution >= 0.6 is 0 Å². The first-order valence-corrected chi connectivity index (χ1v) is 19.8. The van der Waals surface area contributed by atoms with Gasteiger partial charge in [0, 0.05) is 17.7 Å². The van der Waals surface area contributed by atoms with Crippen molar-refractivity contribution in [2.45, 2.75) is 137 Å². The number of ether oxygens (including phenoxy) is 8. The first-order chi connectivity index (χ1) is 29.8. The van der Waals surface area contributed by atoms with Gasteiger partial charge in [0.25, 0.3) is 0 Å². The van der Waals surface area contributed by atoms with Gasteiger partial charge in [-0.15, -0.1) is 0 Å². The fraction of sp³-hybridized carbons (Fsp3) is 0.615. The number of aromatic hydroxyl groups is 2. The normalized spacial score (nSPS) is 41.0. The molecule has 0 bridgehead atoms. The lowest BCUT2D eigenvalue weighted by Crippen LogP contribution is -2.65. The molecule has 0 unspecified atom stereocenters. The van der Waals surface area contributed by atoms with Crippen LogP contribution in [0.3, 0.4) is 0 Å². The third-order valence-corrected chi connectivity index (χ3v) is 11.3. The van der Waals surface area contributed by atoms with Crippen LogP contribution in [0.4, 0.5) is 0 Å². The van der Waals surface area contributed by atoms with Crippen molar-refractivity contribution >= 4 is 11.0 Å². The van der Waals surface area contributed by atoms with Gasteiger partial charge in [-0.3, -0.25) is 4.79 Å². The third-order valence-electron chi connectivity index (χ3n) is 11.3. The van der Waals surface area contributed by atoms with Crippen molar-refractivity contribution in [3.63, 3.8) is 0 Å². The molecule has 0 amide bonds. The molecule has 0 radical (unpaired) electrons. The van der Waals surface area contributed by atoms with Gasteiger partial charge in [0.15, 0.2) is 24.4 Å². The summed E-state index contributed by atoms with van der Waals surface area (Å²) < 4.78 is 51.8. The Balaban J connectivity index is 1.27. The van der Waals surface area contributed by atoms with Crippen LogP contribution in [-0.2, 0) is 28.4 Å². The Hall–Kier alpha value is -3.87. The summed E-state index contributed by atoms with van der Waals surface area (Å²) >= 11 is 0. The zero-order valence-electron chi connectivity index (χ0n) is 33.3. The minimum Gasteiger partial charge on any atom is -0.508 e. The summed E-state index contributed by atoms with van der Waals surface area (Å²) in [6, 6.07) is 7.03. The first-order valence-electron chi connectivity index (χ1n) is 19.8. The van der Waals surface area contributed by atoms with Crippen LogP contribution in [-0.4, -0.2) is 208 Å². The molecule has 20 atom stereocenters. The second-order valence-corrected chi connectivity index (χ2v) is 15.7. The van der Waals surface area contributed by atoms with Crippen molar-refractivity contribution < 1.29 is 114 Å². The van der Waals surface area contributed by atoms with Crippen molar-refractivity contribution in [1.29, 1.82) is 0 Å². The van der Waals surface area contributed by atoms with Gasteiger partial charge in [-0.2, -0.15) is 0 Å². The number of hydrogen-bond acceptors (Lipinski definition) is 24. The number of fused-ring (bicyclic) bond motifs is 1.